The lowest BCUT2D eigenvalue weighted by molar-refractivity contribution is 0.0782. The average molecular weight is 292 g/mol. The Morgan fingerprint density at radius 3 is 2.82 bits per heavy atom. The first-order valence-electron chi connectivity index (χ1n) is 7.46. The summed E-state index contributed by atoms with van der Waals surface area (Å²) in [4.78, 5) is 18.8. The Labute approximate surface area is 128 Å². The summed E-state index contributed by atoms with van der Waals surface area (Å²) < 4.78 is 1.61. The van der Waals surface area contributed by atoms with Crippen LogP contribution < -0.4 is 0 Å². The maximum atomic E-state index is 12.8. The van der Waals surface area contributed by atoms with E-state index in [1.807, 2.05) is 23.1 Å². The Morgan fingerprint density at radius 1 is 1.09 bits per heavy atom. The van der Waals surface area contributed by atoms with Crippen LogP contribution in [0.25, 0.3) is 5.65 Å². The van der Waals surface area contributed by atoms with Gasteiger partial charge >= 0.3 is 0 Å². The monoisotopic (exact) mass is 292 g/mol. The summed E-state index contributed by atoms with van der Waals surface area (Å²) in [6.45, 7) is 1.54. The molecule has 1 aliphatic rings. The minimum Gasteiger partial charge on any atom is -0.337 e. The van der Waals surface area contributed by atoms with Crippen molar-refractivity contribution in [2.75, 3.05) is 13.1 Å². The normalized spacial score (nSPS) is 18.0. The number of aromatic nitrogens is 3. The molecule has 1 atom stereocenters. The molecule has 110 valence electrons. The van der Waals surface area contributed by atoms with E-state index in [4.69, 9.17) is 0 Å². The highest BCUT2D eigenvalue weighted by Crippen LogP contribution is 2.27. The van der Waals surface area contributed by atoms with Gasteiger partial charge in [0.25, 0.3) is 5.91 Å². The third-order valence-electron chi connectivity index (χ3n) is 4.27. The van der Waals surface area contributed by atoms with E-state index < -0.39 is 0 Å². The predicted octanol–water partition coefficient (Wildman–Crippen LogP) is 2.36. The Bertz CT molecular complexity index is 812. The van der Waals surface area contributed by atoms with Crippen molar-refractivity contribution in [2.24, 2.45) is 0 Å². The van der Waals surface area contributed by atoms with Gasteiger partial charge in [-0.15, -0.1) is 0 Å². The predicted molar refractivity (Wildman–Crippen MR) is 82.7 cm³/mol. The van der Waals surface area contributed by atoms with Gasteiger partial charge in [0, 0.05) is 19.0 Å². The molecule has 2 aromatic heterocycles. The lowest BCUT2D eigenvalue weighted by Crippen LogP contribution is -2.30. The molecule has 1 fully saturated rings. The first-order valence-corrected chi connectivity index (χ1v) is 7.46. The fraction of sp³-hybridized carbons (Fsp3) is 0.235. The van der Waals surface area contributed by atoms with Gasteiger partial charge in [0.1, 0.15) is 12.0 Å². The second kappa shape index (κ2) is 5.26. The van der Waals surface area contributed by atoms with Gasteiger partial charge in [-0.3, -0.25) is 4.79 Å². The van der Waals surface area contributed by atoms with Gasteiger partial charge in [0.15, 0.2) is 5.65 Å². The topological polar surface area (TPSA) is 50.5 Å². The SMILES string of the molecule is O=C(c1cccc2ncnn12)N1CCC(c2ccccc2)C1. The fourth-order valence-corrected chi connectivity index (χ4v) is 3.11. The van der Waals surface area contributed by atoms with E-state index in [0.717, 1.165) is 19.5 Å². The Morgan fingerprint density at radius 2 is 1.95 bits per heavy atom. The van der Waals surface area contributed by atoms with E-state index in [1.165, 1.54) is 11.9 Å². The van der Waals surface area contributed by atoms with Gasteiger partial charge in [-0.2, -0.15) is 5.10 Å². The number of likely N-dealkylation sites (tertiary alicyclic amines) is 1. The van der Waals surface area contributed by atoms with Crippen molar-refractivity contribution < 1.29 is 4.79 Å². The zero-order chi connectivity index (χ0) is 14.9. The number of carbonyl (C=O) groups is 1. The van der Waals surface area contributed by atoms with Crippen molar-refractivity contribution in [3.8, 4) is 0 Å². The second-order valence-electron chi connectivity index (χ2n) is 5.59. The summed E-state index contributed by atoms with van der Waals surface area (Å²) in [5.41, 5.74) is 2.57. The molecule has 3 heterocycles. The van der Waals surface area contributed by atoms with Crippen LogP contribution in [0.4, 0.5) is 0 Å². The van der Waals surface area contributed by atoms with Crippen molar-refractivity contribution in [1.29, 1.82) is 0 Å². The maximum absolute atomic E-state index is 12.8. The average Bonchev–Trinajstić information content (AvgIpc) is 3.24. The smallest absolute Gasteiger partial charge is 0.272 e. The lowest BCUT2D eigenvalue weighted by Gasteiger charge is -2.17. The first kappa shape index (κ1) is 13.0. The number of hydrogen-bond acceptors (Lipinski definition) is 3. The van der Waals surface area contributed by atoms with E-state index in [-0.39, 0.29) is 5.91 Å². The van der Waals surface area contributed by atoms with Crippen LogP contribution in [0.15, 0.2) is 54.9 Å². The molecule has 22 heavy (non-hydrogen) atoms. The van der Waals surface area contributed by atoms with Gasteiger partial charge in [0.2, 0.25) is 0 Å². The zero-order valence-corrected chi connectivity index (χ0v) is 12.1. The summed E-state index contributed by atoms with van der Waals surface area (Å²) in [5, 5.41) is 4.15. The molecule has 1 amide bonds. The summed E-state index contributed by atoms with van der Waals surface area (Å²) in [6.07, 6.45) is 2.48. The molecule has 0 radical (unpaired) electrons. The summed E-state index contributed by atoms with van der Waals surface area (Å²) in [7, 11) is 0. The first-order chi connectivity index (χ1) is 10.8. The summed E-state index contributed by atoms with van der Waals surface area (Å²) >= 11 is 0. The molecule has 0 bridgehead atoms. The van der Waals surface area contributed by atoms with Crippen LogP contribution in [0.5, 0.6) is 0 Å². The van der Waals surface area contributed by atoms with Gasteiger partial charge < -0.3 is 4.90 Å². The molecule has 1 aromatic carbocycles. The second-order valence-corrected chi connectivity index (χ2v) is 5.59. The number of amides is 1. The maximum Gasteiger partial charge on any atom is 0.272 e. The lowest BCUT2D eigenvalue weighted by atomic mass is 9.99. The standard InChI is InChI=1S/C17H16N4O/c22-17(15-7-4-8-16-18-12-19-21(15)16)20-10-9-14(11-20)13-5-2-1-3-6-13/h1-8,12,14H,9-11H2. The molecule has 1 unspecified atom stereocenters. The van der Waals surface area contributed by atoms with Crippen LogP contribution in [0.2, 0.25) is 0 Å². The third kappa shape index (κ3) is 2.15. The van der Waals surface area contributed by atoms with E-state index in [2.05, 4.69) is 34.3 Å². The number of pyridine rings is 1. The molecule has 5 heteroatoms. The molecule has 1 aliphatic heterocycles. The number of carbonyl (C=O) groups excluding carboxylic acids is 1. The molecule has 0 aliphatic carbocycles. The van der Waals surface area contributed by atoms with Crippen LogP contribution in [0.1, 0.15) is 28.4 Å². The molecule has 0 saturated carbocycles. The minimum atomic E-state index is 0.0227. The number of nitrogens with zero attached hydrogens (tertiary/aromatic N) is 4. The molecule has 5 nitrogen and oxygen atoms in total. The van der Waals surface area contributed by atoms with Crippen LogP contribution in [0, 0.1) is 0 Å². The highest BCUT2D eigenvalue weighted by atomic mass is 16.2. The van der Waals surface area contributed by atoms with Gasteiger partial charge in [-0.1, -0.05) is 36.4 Å². The van der Waals surface area contributed by atoms with Crippen molar-refractivity contribution in [3.63, 3.8) is 0 Å². The van der Waals surface area contributed by atoms with E-state index in [9.17, 15) is 4.79 Å². The Kier molecular flexibility index (Phi) is 3.11. The van der Waals surface area contributed by atoms with Gasteiger partial charge in [-0.05, 0) is 24.1 Å². The van der Waals surface area contributed by atoms with Crippen LogP contribution in [0.3, 0.4) is 0 Å². The van der Waals surface area contributed by atoms with E-state index in [1.54, 1.807) is 10.6 Å². The molecule has 1 saturated heterocycles. The van der Waals surface area contributed by atoms with Crippen molar-refractivity contribution >= 4 is 11.6 Å². The number of benzene rings is 1. The third-order valence-corrected chi connectivity index (χ3v) is 4.27. The quantitative estimate of drug-likeness (QED) is 0.728. The van der Waals surface area contributed by atoms with Crippen molar-refractivity contribution in [2.45, 2.75) is 12.3 Å². The molecule has 0 spiro atoms. The van der Waals surface area contributed by atoms with Gasteiger partial charge in [-0.25, -0.2) is 9.50 Å². The highest BCUT2D eigenvalue weighted by Gasteiger charge is 2.29. The summed E-state index contributed by atoms with van der Waals surface area (Å²) in [5.74, 6) is 0.439. The molecular formula is C17H16N4O. The van der Waals surface area contributed by atoms with E-state index >= 15 is 0 Å². The Hall–Kier alpha value is -2.69. The van der Waals surface area contributed by atoms with Gasteiger partial charge in [0.05, 0.1) is 0 Å². The number of fused-ring (bicyclic) bond motifs is 1. The number of rotatable bonds is 2. The summed E-state index contributed by atoms with van der Waals surface area (Å²) in [6, 6.07) is 15.9. The zero-order valence-electron chi connectivity index (χ0n) is 12.1. The van der Waals surface area contributed by atoms with Crippen LogP contribution in [-0.4, -0.2) is 38.5 Å². The fourth-order valence-electron chi connectivity index (χ4n) is 3.11. The molecule has 3 aromatic rings. The largest absolute Gasteiger partial charge is 0.337 e. The van der Waals surface area contributed by atoms with E-state index in [0.29, 0.717) is 17.3 Å². The van der Waals surface area contributed by atoms with Crippen LogP contribution in [-0.2, 0) is 0 Å². The molecule has 0 N–H and O–H groups in total. The highest BCUT2D eigenvalue weighted by molar-refractivity contribution is 5.93. The minimum absolute atomic E-state index is 0.0227. The van der Waals surface area contributed by atoms with Crippen molar-refractivity contribution in [1.82, 2.24) is 19.5 Å². The molecular weight excluding hydrogens is 276 g/mol. The molecule has 4 rings (SSSR count). The Balaban J connectivity index is 1.58. The van der Waals surface area contributed by atoms with Crippen molar-refractivity contribution in [3.05, 3.63) is 66.1 Å². The van der Waals surface area contributed by atoms with Crippen LogP contribution >= 0.6 is 0 Å². The number of hydrogen-bond donors (Lipinski definition) is 0.